The topological polar surface area (TPSA) is 41.1 Å². The van der Waals surface area contributed by atoms with Crippen LogP contribution in [-0.2, 0) is 4.79 Å². The predicted octanol–water partition coefficient (Wildman–Crippen LogP) is 0.951. The van der Waals surface area contributed by atoms with Crippen molar-refractivity contribution in [1.82, 2.24) is 10.6 Å². The van der Waals surface area contributed by atoms with E-state index in [9.17, 15) is 4.79 Å². The Morgan fingerprint density at radius 3 is 2.81 bits per heavy atom. The maximum absolute atomic E-state index is 11.9. The molecule has 1 unspecified atom stereocenters. The second-order valence-electron chi connectivity index (χ2n) is 4.34. The molecule has 0 aliphatic carbocycles. The molecule has 2 saturated heterocycles. The lowest BCUT2D eigenvalue weighted by Crippen LogP contribution is -2.41. The van der Waals surface area contributed by atoms with Crippen molar-refractivity contribution in [2.75, 3.05) is 36.9 Å². The highest BCUT2D eigenvalue weighted by Gasteiger charge is 2.22. The van der Waals surface area contributed by atoms with Crippen LogP contribution in [-0.4, -0.2) is 48.0 Å². The van der Waals surface area contributed by atoms with Crippen molar-refractivity contribution in [3.05, 3.63) is 0 Å². The van der Waals surface area contributed by atoms with Crippen LogP contribution in [0.5, 0.6) is 0 Å². The molecule has 2 aliphatic rings. The molecule has 2 rings (SSSR count). The second kappa shape index (κ2) is 6.77. The van der Waals surface area contributed by atoms with E-state index < -0.39 is 0 Å². The molecule has 0 aromatic carbocycles. The first-order valence-electron chi connectivity index (χ1n) is 6.04. The van der Waals surface area contributed by atoms with Crippen LogP contribution in [0.2, 0.25) is 0 Å². The minimum Gasteiger partial charge on any atom is -0.355 e. The molecule has 2 N–H and O–H groups in total. The maximum atomic E-state index is 11.9. The molecular weight excluding hydrogens is 240 g/mol. The zero-order chi connectivity index (χ0) is 11.2. The Kier molecular flexibility index (Phi) is 5.32. The monoisotopic (exact) mass is 260 g/mol. The van der Waals surface area contributed by atoms with Gasteiger partial charge >= 0.3 is 0 Å². The highest BCUT2D eigenvalue weighted by molar-refractivity contribution is 8.06. The van der Waals surface area contributed by atoms with E-state index in [0.717, 1.165) is 32.5 Å². The zero-order valence-corrected chi connectivity index (χ0v) is 11.2. The summed E-state index contributed by atoms with van der Waals surface area (Å²) >= 11 is 4.01. The maximum Gasteiger partial charge on any atom is 0.223 e. The molecule has 0 aromatic rings. The fraction of sp³-hybridized carbons (Fsp3) is 0.909. The molecule has 3 nitrogen and oxygen atoms in total. The largest absolute Gasteiger partial charge is 0.355 e. The zero-order valence-electron chi connectivity index (χ0n) is 9.54. The first-order chi connectivity index (χ1) is 7.86. The number of nitrogens with one attached hydrogen (secondary N) is 2. The summed E-state index contributed by atoms with van der Waals surface area (Å²) in [6, 6.07) is 0. The molecule has 0 saturated carbocycles. The van der Waals surface area contributed by atoms with E-state index in [0.29, 0.717) is 5.25 Å². The highest BCUT2D eigenvalue weighted by atomic mass is 32.2. The summed E-state index contributed by atoms with van der Waals surface area (Å²) < 4.78 is 0. The third-order valence-corrected chi connectivity index (χ3v) is 5.94. The van der Waals surface area contributed by atoms with Crippen LogP contribution < -0.4 is 10.6 Å². The minimum atomic E-state index is 0.252. The van der Waals surface area contributed by atoms with Gasteiger partial charge in [0.2, 0.25) is 5.91 Å². The van der Waals surface area contributed by atoms with Gasteiger partial charge < -0.3 is 10.6 Å². The van der Waals surface area contributed by atoms with Crippen LogP contribution >= 0.6 is 23.5 Å². The van der Waals surface area contributed by atoms with Gasteiger partial charge in [0, 0.05) is 35.0 Å². The first-order valence-corrected chi connectivity index (χ1v) is 8.24. The lowest BCUT2D eigenvalue weighted by Gasteiger charge is -2.25. The number of piperidine rings is 1. The van der Waals surface area contributed by atoms with E-state index in [1.807, 2.05) is 23.5 Å². The Labute approximate surface area is 106 Å². The summed E-state index contributed by atoms with van der Waals surface area (Å²) in [4.78, 5) is 11.9. The number of amides is 1. The van der Waals surface area contributed by atoms with Gasteiger partial charge in [0.15, 0.2) is 0 Å². The highest BCUT2D eigenvalue weighted by Crippen LogP contribution is 2.23. The van der Waals surface area contributed by atoms with Crippen LogP contribution in [0, 0.1) is 5.92 Å². The van der Waals surface area contributed by atoms with Gasteiger partial charge in [-0.2, -0.15) is 23.5 Å². The van der Waals surface area contributed by atoms with Crippen molar-refractivity contribution >= 4 is 29.4 Å². The predicted molar refractivity (Wildman–Crippen MR) is 72.2 cm³/mol. The van der Waals surface area contributed by atoms with Gasteiger partial charge in [-0.25, -0.2) is 0 Å². The van der Waals surface area contributed by atoms with Crippen LogP contribution in [0.3, 0.4) is 0 Å². The van der Waals surface area contributed by atoms with Crippen LogP contribution in [0.15, 0.2) is 0 Å². The van der Waals surface area contributed by atoms with Crippen molar-refractivity contribution < 1.29 is 4.79 Å². The number of carbonyl (C=O) groups is 1. The molecule has 16 heavy (non-hydrogen) atoms. The summed E-state index contributed by atoms with van der Waals surface area (Å²) in [7, 11) is 0. The lowest BCUT2D eigenvalue weighted by molar-refractivity contribution is -0.125. The van der Waals surface area contributed by atoms with Crippen molar-refractivity contribution in [1.29, 1.82) is 0 Å². The molecule has 0 aromatic heterocycles. The SMILES string of the molecule is O=C(NCC1CSCCS1)C1CCNCC1. The van der Waals surface area contributed by atoms with Gasteiger partial charge in [0.05, 0.1) is 0 Å². The van der Waals surface area contributed by atoms with E-state index in [1.54, 1.807) is 0 Å². The second-order valence-corrected chi connectivity index (χ2v) is 6.90. The fourth-order valence-corrected chi connectivity index (χ4v) is 4.71. The first kappa shape index (κ1) is 12.6. The van der Waals surface area contributed by atoms with E-state index in [-0.39, 0.29) is 11.8 Å². The Bertz CT molecular complexity index is 226. The Balaban J connectivity index is 1.65. The van der Waals surface area contributed by atoms with Gasteiger partial charge in [-0.1, -0.05) is 0 Å². The molecule has 0 radical (unpaired) electrons. The van der Waals surface area contributed by atoms with E-state index in [1.165, 1.54) is 17.3 Å². The summed E-state index contributed by atoms with van der Waals surface area (Å²) in [6.07, 6.45) is 2.00. The molecule has 0 bridgehead atoms. The van der Waals surface area contributed by atoms with Crippen molar-refractivity contribution in [2.45, 2.75) is 18.1 Å². The number of hydrogen-bond donors (Lipinski definition) is 2. The van der Waals surface area contributed by atoms with Gasteiger partial charge in [0.25, 0.3) is 0 Å². The lowest BCUT2D eigenvalue weighted by atomic mass is 9.97. The standard InChI is InChI=1S/C11H20N2OS2/c14-11(9-1-3-12-4-2-9)13-7-10-8-15-5-6-16-10/h9-10,12H,1-8H2,(H,13,14). The number of rotatable bonds is 3. The minimum absolute atomic E-state index is 0.252. The number of thioether (sulfide) groups is 2. The molecule has 0 spiro atoms. The Morgan fingerprint density at radius 2 is 2.12 bits per heavy atom. The van der Waals surface area contributed by atoms with Crippen LogP contribution in [0.25, 0.3) is 0 Å². The van der Waals surface area contributed by atoms with Gasteiger partial charge in [0.1, 0.15) is 0 Å². The Morgan fingerprint density at radius 1 is 1.31 bits per heavy atom. The van der Waals surface area contributed by atoms with Gasteiger partial charge in [-0.3, -0.25) is 4.79 Å². The number of carbonyl (C=O) groups excluding carboxylic acids is 1. The average molecular weight is 260 g/mol. The fourth-order valence-electron chi connectivity index (χ4n) is 2.10. The average Bonchev–Trinajstić information content (AvgIpc) is 2.38. The molecule has 92 valence electrons. The Hall–Kier alpha value is 0.130. The van der Waals surface area contributed by atoms with Crippen LogP contribution in [0.1, 0.15) is 12.8 Å². The quantitative estimate of drug-likeness (QED) is 0.793. The molecule has 5 heteroatoms. The molecular formula is C11H20N2OS2. The summed E-state index contributed by atoms with van der Waals surface area (Å²) in [5, 5.41) is 7.04. The summed E-state index contributed by atoms with van der Waals surface area (Å²) in [5.74, 6) is 4.22. The van der Waals surface area contributed by atoms with E-state index >= 15 is 0 Å². The molecule has 1 amide bonds. The van der Waals surface area contributed by atoms with Crippen molar-refractivity contribution in [3.63, 3.8) is 0 Å². The third kappa shape index (κ3) is 3.86. The van der Waals surface area contributed by atoms with Crippen molar-refractivity contribution in [2.24, 2.45) is 5.92 Å². The number of hydrogen-bond acceptors (Lipinski definition) is 4. The molecule has 1 atom stereocenters. The molecule has 2 fully saturated rings. The smallest absolute Gasteiger partial charge is 0.223 e. The third-order valence-electron chi connectivity index (χ3n) is 3.10. The van der Waals surface area contributed by atoms with E-state index in [4.69, 9.17) is 0 Å². The van der Waals surface area contributed by atoms with Gasteiger partial charge in [-0.05, 0) is 25.9 Å². The van der Waals surface area contributed by atoms with Gasteiger partial charge in [-0.15, -0.1) is 0 Å². The molecule has 2 heterocycles. The van der Waals surface area contributed by atoms with Crippen molar-refractivity contribution in [3.8, 4) is 0 Å². The summed E-state index contributed by atoms with van der Waals surface area (Å²) in [5.41, 5.74) is 0. The normalized spacial score (nSPS) is 27.6. The summed E-state index contributed by atoms with van der Waals surface area (Å²) in [6.45, 7) is 2.85. The van der Waals surface area contributed by atoms with Crippen LogP contribution in [0.4, 0.5) is 0 Å². The van der Waals surface area contributed by atoms with E-state index in [2.05, 4.69) is 10.6 Å². The molecule has 2 aliphatic heterocycles.